The van der Waals surface area contributed by atoms with Crippen molar-refractivity contribution >= 4 is 0 Å². The van der Waals surface area contributed by atoms with Crippen LogP contribution in [0.2, 0.25) is 0 Å². The van der Waals surface area contributed by atoms with Crippen molar-refractivity contribution in [2.45, 2.75) is 12.6 Å². The first kappa shape index (κ1) is 8.34. The first-order valence-corrected chi connectivity index (χ1v) is 4.08. The molecule has 0 radical (unpaired) electrons. The van der Waals surface area contributed by atoms with Crippen molar-refractivity contribution in [3.05, 3.63) is 23.8 Å². The smallest absolute Gasteiger partial charge is 0.231 e. The average molecular weight is 181 g/mol. The van der Waals surface area contributed by atoms with Gasteiger partial charge in [0.05, 0.1) is 0 Å². The Morgan fingerprint density at radius 1 is 1.38 bits per heavy atom. The lowest BCUT2D eigenvalue weighted by Crippen LogP contribution is -2.21. The van der Waals surface area contributed by atoms with Gasteiger partial charge in [-0.25, -0.2) is 0 Å². The molecule has 0 fully saturated rings. The van der Waals surface area contributed by atoms with Gasteiger partial charge in [-0.15, -0.1) is 0 Å². The molecule has 4 nitrogen and oxygen atoms in total. The topological polar surface area (TPSA) is 64.7 Å². The lowest BCUT2D eigenvalue weighted by atomic mass is 10.1. The molecule has 1 aliphatic rings. The van der Waals surface area contributed by atoms with Crippen LogP contribution in [0.1, 0.15) is 5.56 Å². The minimum atomic E-state index is -0.819. The summed E-state index contributed by atoms with van der Waals surface area (Å²) in [7, 11) is 0. The van der Waals surface area contributed by atoms with Gasteiger partial charge in [-0.05, 0) is 17.7 Å². The number of aliphatic hydroxyl groups is 1. The Hall–Kier alpha value is -1.26. The molecule has 1 unspecified atom stereocenters. The Balaban J connectivity index is 2.21. The number of rotatable bonds is 2. The summed E-state index contributed by atoms with van der Waals surface area (Å²) in [4.78, 5) is 0. The van der Waals surface area contributed by atoms with Gasteiger partial charge in [-0.2, -0.15) is 0 Å². The molecule has 4 heteroatoms. The minimum Gasteiger partial charge on any atom is -0.454 e. The number of nitrogens with two attached hydrogens (primary N) is 1. The molecule has 1 aromatic carbocycles. The van der Waals surface area contributed by atoms with Crippen molar-refractivity contribution in [2.24, 2.45) is 5.73 Å². The molecule has 13 heavy (non-hydrogen) atoms. The third kappa shape index (κ3) is 1.74. The molecule has 3 N–H and O–H groups in total. The largest absolute Gasteiger partial charge is 0.454 e. The maximum Gasteiger partial charge on any atom is 0.231 e. The molecule has 0 amide bonds. The van der Waals surface area contributed by atoms with Gasteiger partial charge in [0.2, 0.25) is 6.79 Å². The molecule has 0 aliphatic carbocycles. The van der Waals surface area contributed by atoms with Crippen LogP contribution in [0.15, 0.2) is 18.2 Å². The highest BCUT2D eigenvalue weighted by Crippen LogP contribution is 2.32. The molecular formula is C9H11NO3. The van der Waals surface area contributed by atoms with Crippen molar-refractivity contribution < 1.29 is 14.6 Å². The molecule has 0 aromatic heterocycles. The van der Waals surface area contributed by atoms with Crippen LogP contribution in [0.3, 0.4) is 0 Å². The molecule has 0 saturated carbocycles. The minimum absolute atomic E-state index is 0.268. The molecule has 0 saturated heterocycles. The monoisotopic (exact) mass is 181 g/mol. The van der Waals surface area contributed by atoms with Crippen LogP contribution >= 0.6 is 0 Å². The van der Waals surface area contributed by atoms with Crippen molar-refractivity contribution in [3.63, 3.8) is 0 Å². The molecule has 1 atom stereocenters. The van der Waals surface area contributed by atoms with Crippen LogP contribution in [-0.4, -0.2) is 18.1 Å². The fourth-order valence-electron chi connectivity index (χ4n) is 1.31. The Morgan fingerprint density at radius 2 is 2.15 bits per heavy atom. The average Bonchev–Trinajstić information content (AvgIpc) is 2.49. The highest BCUT2D eigenvalue weighted by atomic mass is 16.7. The summed E-state index contributed by atoms with van der Waals surface area (Å²) in [5, 5.41) is 8.96. The van der Waals surface area contributed by atoms with E-state index in [1.165, 1.54) is 0 Å². The van der Waals surface area contributed by atoms with Gasteiger partial charge in [-0.1, -0.05) is 6.07 Å². The molecule has 1 heterocycles. The Morgan fingerprint density at radius 3 is 2.92 bits per heavy atom. The van der Waals surface area contributed by atoms with Crippen LogP contribution in [0.25, 0.3) is 0 Å². The SMILES string of the molecule is NC(O)Cc1ccc2c(c1)OCO2. The Kier molecular flexibility index (Phi) is 2.08. The zero-order chi connectivity index (χ0) is 9.26. The summed E-state index contributed by atoms with van der Waals surface area (Å²) in [5.41, 5.74) is 6.20. The predicted octanol–water partition coefficient (Wildman–Crippen LogP) is 0.235. The lowest BCUT2D eigenvalue weighted by molar-refractivity contribution is 0.173. The van der Waals surface area contributed by atoms with Crippen LogP contribution in [0.5, 0.6) is 11.5 Å². The molecule has 0 bridgehead atoms. The van der Waals surface area contributed by atoms with Crippen molar-refractivity contribution in [1.29, 1.82) is 0 Å². The van der Waals surface area contributed by atoms with Gasteiger partial charge in [0.25, 0.3) is 0 Å². The fourth-order valence-corrected chi connectivity index (χ4v) is 1.31. The van der Waals surface area contributed by atoms with Crippen LogP contribution in [-0.2, 0) is 6.42 Å². The third-order valence-electron chi connectivity index (χ3n) is 1.88. The number of benzene rings is 1. The summed E-state index contributed by atoms with van der Waals surface area (Å²) in [6.45, 7) is 0.268. The van der Waals surface area contributed by atoms with Crippen molar-refractivity contribution in [2.75, 3.05) is 6.79 Å². The number of aliphatic hydroxyl groups excluding tert-OH is 1. The second-order valence-corrected chi connectivity index (χ2v) is 2.96. The van der Waals surface area contributed by atoms with E-state index in [1.807, 2.05) is 18.2 Å². The number of fused-ring (bicyclic) bond motifs is 1. The molecule has 1 aliphatic heterocycles. The standard InChI is InChI=1S/C9H11NO3/c10-9(11)4-6-1-2-7-8(3-6)13-5-12-7/h1-3,9,11H,4-5,10H2. The van der Waals surface area contributed by atoms with Gasteiger partial charge in [0.1, 0.15) is 6.23 Å². The third-order valence-corrected chi connectivity index (χ3v) is 1.88. The maximum atomic E-state index is 8.96. The number of hydrogen-bond donors (Lipinski definition) is 2. The van der Waals surface area contributed by atoms with Gasteiger partial charge < -0.3 is 20.3 Å². The maximum absolute atomic E-state index is 8.96. The van der Waals surface area contributed by atoms with E-state index in [-0.39, 0.29) is 6.79 Å². The van der Waals surface area contributed by atoms with Gasteiger partial charge in [0.15, 0.2) is 11.5 Å². The summed E-state index contributed by atoms with van der Waals surface area (Å²) in [6, 6.07) is 5.52. The molecule has 2 rings (SSSR count). The van der Waals surface area contributed by atoms with Crippen LogP contribution in [0.4, 0.5) is 0 Å². The first-order chi connectivity index (χ1) is 6.25. The van der Waals surface area contributed by atoms with E-state index in [2.05, 4.69) is 0 Å². The summed E-state index contributed by atoms with van der Waals surface area (Å²) in [5.74, 6) is 1.47. The second kappa shape index (κ2) is 3.24. The first-order valence-electron chi connectivity index (χ1n) is 4.08. The van der Waals surface area contributed by atoms with Gasteiger partial charge in [-0.3, -0.25) is 0 Å². The highest BCUT2D eigenvalue weighted by molar-refractivity contribution is 5.44. The molecular weight excluding hydrogens is 170 g/mol. The Labute approximate surface area is 75.9 Å². The zero-order valence-electron chi connectivity index (χ0n) is 7.06. The molecule has 1 aromatic rings. The number of ether oxygens (including phenoxy) is 2. The summed E-state index contributed by atoms with van der Waals surface area (Å²) < 4.78 is 10.3. The predicted molar refractivity (Wildman–Crippen MR) is 46.5 cm³/mol. The van der Waals surface area contributed by atoms with E-state index >= 15 is 0 Å². The lowest BCUT2D eigenvalue weighted by Gasteiger charge is -2.04. The van der Waals surface area contributed by atoms with E-state index in [0.29, 0.717) is 6.42 Å². The normalized spacial score (nSPS) is 15.8. The summed E-state index contributed by atoms with van der Waals surface area (Å²) >= 11 is 0. The zero-order valence-corrected chi connectivity index (χ0v) is 7.06. The van der Waals surface area contributed by atoms with Crippen molar-refractivity contribution in [3.8, 4) is 11.5 Å². The van der Waals surface area contributed by atoms with Gasteiger partial charge in [0, 0.05) is 6.42 Å². The second-order valence-electron chi connectivity index (χ2n) is 2.96. The number of hydrogen-bond acceptors (Lipinski definition) is 4. The molecule has 70 valence electrons. The highest BCUT2D eigenvalue weighted by Gasteiger charge is 2.13. The quantitative estimate of drug-likeness (QED) is 0.641. The fraction of sp³-hybridized carbons (Fsp3) is 0.333. The van der Waals surface area contributed by atoms with E-state index in [4.69, 9.17) is 20.3 Å². The molecule has 0 spiro atoms. The van der Waals surface area contributed by atoms with E-state index in [1.54, 1.807) is 0 Å². The van der Waals surface area contributed by atoms with E-state index in [0.717, 1.165) is 17.1 Å². The Bertz CT molecular complexity index is 312. The van der Waals surface area contributed by atoms with Crippen LogP contribution in [0, 0.1) is 0 Å². The van der Waals surface area contributed by atoms with E-state index < -0.39 is 6.23 Å². The van der Waals surface area contributed by atoms with Crippen molar-refractivity contribution in [1.82, 2.24) is 0 Å². The summed E-state index contributed by atoms with van der Waals surface area (Å²) in [6.07, 6.45) is -0.392. The van der Waals surface area contributed by atoms with E-state index in [9.17, 15) is 0 Å². The van der Waals surface area contributed by atoms with Crippen LogP contribution < -0.4 is 15.2 Å². The van der Waals surface area contributed by atoms with Gasteiger partial charge >= 0.3 is 0 Å².